The van der Waals surface area contributed by atoms with Crippen molar-refractivity contribution in [2.75, 3.05) is 7.05 Å². The summed E-state index contributed by atoms with van der Waals surface area (Å²) in [5, 5.41) is 6.00. The molecule has 1 fully saturated rings. The molecule has 1 unspecified atom stereocenters. The molecule has 1 aliphatic carbocycles. The highest BCUT2D eigenvalue weighted by Crippen LogP contribution is 2.38. The molecule has 1 N–H and O–H groups in total. The van der Waals surface area contributed by atoms with Crippen LogP contribution in [0.4, 0.5) is 0 Å². The molecule has 18 heavy (non-hydrogen) atoms. The summed E-state index contributed by atoms with van der Waals surface area (Å²) < 4.78 is 0. The minimum Gasteiger partial charge on any atom is -0.359 e. The van der Waals surface area contributed by atoms with E-state index < -0.39 is 0 Å². The van der Waals surface area contributed by atoms with Crippen LogP contribution in [0.5, 0.6) is 0 Å². The molecule has 0 heterocycles. The maximum absolute atomic E-state index is 11.5. The Kier molecular flexibility index (Phi) is 5.76. The Hall–Kier alpha value is -0.930. The van der Waals surface area contributed by atoms with Crippen molar-refractivity contribution in [3.05, 3.63) is 4.91 Å². The third-order valence-electron chi connectivity index (χ3n) is 4.35. The number of nitrogens with zero attached hydrogens (tertiary/aromatic N) is 1. The maximum atomic E-state index is 11.5. The van der Waals surface area contributed by atoms with Gasteiger partial charge in [0.05, 0.1) is 6.04 Å². The fourth-order valence-corrected chi connectivity index (χ4v) is 3.22. The van der Waals surface area contributed by atoms with Crippen molar-refractivity contribution in [1.82, 2.24) is 5.32 Å². The third-order valence-corrected chi connectivity index (χ3v) is 4.35. The summed E-state index contributed by atoms with van der Waals surface area (Å²) in [6.07, 6.45) is 3.92. The molecule has 4 heteroatoms. The topological polar surface area (TPSA) is 58.5 Å². The van der Waals surface area contributed by atoms with Crippen LogP contribution in [-0.2, 0) is 4.79 Å². The Morgan fingerprint density at radius 3 is 2.50 bits per heavy atom. The monoisotopic (exact) mass is 254 g/mol. The molecular weight excluding hydrogens is 228 g/mol. The molecule has 0 spiro atoms. The van der Waals surface area contributed by atoms with Crippen molar-refractivity contribution in [3.63, 3.8) is 0 Å². The van der Waals surface area contributed by atoms with Crippen LogP contribution in [-0.4, -0.2) is 19.0 Å². The van der Waals surface area contributed by atoms with E-state index in [2.05, 4.69) is 24.3 Å². The van der Waals surface area contributed by atoms with E-state index in [0.717, 1.165) is 25.7 Å². The highest BCUT2D eigenvalue weighted by atomic mass is 16.3. The van der Waals surface area contributed by atoms with E-state index in [4.69, 9.17) is 0 Å². The maximum Gasteiger partial charge on any atom is 0.222 e. The molecular formula is C14H26N2O2. The van der Waals surface area contributed by atoms with Crippen molar-refractivity contribution in [2.45, 2.75) is 52.5 Å². The van der Waals surface area contributed by atoms with Crippen LogP contribution < -0.4 is 5.32 Å². The predicted molar refractivity (Wildman–Crippen MR) is 73.1 cm³/mol. The van der Waals surface area contributed by atoms with Gasteiger partial charge in [0, 0.05) is 13.0 Å². The molecule has 0 aromatic rings. The van der Waals surface area contributed by atoms with E-state index in [1.165, 1.54) is 0 Å². The third kappa shape index (κ3) is 3.79. The standard InChI is InChI=1S/C14H26N2O2/c1-9(2)12-6-5-11(8-13(12)16-18)7-10(3)14(17)15-4/h9-13H,5-8H2,1-4H3,(H,15,17)/t10-,11+,12-,13?/m0/s1. The number of nitrogens with one attached hydrogen (secondary N) is 1. The normalized spacial score (nSPS) is 29.9. The second kappa shape index (κ2) is 6.86. The minimum atomic E-state index is -0.0550. The summed E-state index contributed by atoms with van der Waals surface area (Å²) >= 11 is 0. The number of carbonyl (C=O) groups excluding carboxylic acids is 1. The van der Waals surface area contributed by atoms with E-state index in [-0.39, 0.29) is 17.9 Å². The summed E-state index contributed by atoms with van der Waals surface area (Å²) in [5.74, 6) is 1.54. The fourth-order valence-electron chi connectivity index (χ4n) is 3.22. The van der Waals surface area contributed by atoms with Crippen LogP contribution in [0.3, 0.4) is 0 Å². The molecule has 0 saturated heterocycles. The summed E-state index contributed by atoms with van der Waals surface area (Å²) in [6, 6.07) is -0.0550. The number of carbonyl (C=O) groups is 1. The fraction of sp³-hybridized carbons (Fsp3) is 0.929. The molecule has 0 aliphatic heterocycles. The summed E-state index contributed by atoms with van der Waals surface area (Å²) in [4.78, 5) is 22.5. The number of hydrogen-bond donors (Lipinski definition) is 1. The first-order chi connectivity index (χ1) is 8.49. The molecule has 0 aromatic carbocycles. The van der Waals surface area contributed by atoms with Gasteiger partial charge >= 0.3 is 0 Å². The lowest BCUT2D eigenvalue weighted by Crippen LogP contribution is -2.34. The van der Waals surface area contributed by atoms with Gasteiger partial charge in [-0.2, -0.15) is 4.91 Å². The first-order valence-corrected chi connectivity index (χ1v) is 7.03. The Balaban J connectivity index is 2.52. The molecule has 4 atom stereocenters. The summed E-state index contributed by atoms with van der Waals surface area (Å²) in [7, 11) is 1.67. The molecule has 4 nitrogen and oxygen atoms in total. The van der Waals surface area contributed by atoms with Crippen molar-refractivity contribution in [2.24, 2.45) is 28.8 Å². The van der Waals surface area contributed by atoms with Gasteiger partial charge in [-0.3, -0.25) is 4.79 Å². The van der Waals surface area contributed by atoms with Crippen molar-refractivity contribution < 1.29 is 4.79 Å². The van der Waals surface area contributed by atoms with Crippen LogP contribution in [0, 0.1) is 28.6 Å². The number of hydrogen-bond acceptors (Lipinski definition) is 3. The van der Waals surface area contributed by atoms with Crippen molar-refractivity contribution in [1.29, 1.82) is 0 Å². The van der Waals surface area contributed by atoms with Gasteiger partial charge in [-0.1, -0.05) is 25.9 Å². The van der Waals surface area contributed by atoms with Gasteiger partial charge in [0.15, 0.2) is 0 Å². The average Bonchev–Trinajstić information content (AvgIpc) is 2.37. The molecule has 1 saturated carbocycles. The zero-order valence-corrected chi connectivity index (χ0v) is 12.0. The highest BCUT2D eigenvalue weighted by Gasteiger charge is 2.34. The van der Waals surface area contributed by atoms with Crippen molar-refractivity contribution in [3.8, 4) is 0 Å². The van der Waals surface area contributed by atoms with Crippen LogP contribution in [0.1, 0.15) is 46.5 Å². The van der Waals surface area contributed by atoms with Crippen LogP contribution in [0.2, 0.25) is 0 Å². The molecule has 0 radical (unpaired) electrons. The van der Waals surface area contributed by atoms with Gasteiger partial charge in [0.1, 0.15) is 0 Å². The van der Waals surface area contributed by atoms with Gasteiger partial charge in [-0.15, -0.1) is 0 Å². The lowest BCUT2D eigenvalue weighted by molar-refractivity contribution is -0.124. The lowest BCUT2D eigenvalue weighted by Gasteiger charge is -2.35. The smallest absolute Gasteiger partial charge is 0.222 e. The van der Waals surface area contributed by atoms with Gasteiger partial charge in [0.2, 0.25) is 5.91 Å². The molecule has 104 valence electrons. The highest BCUT2D eigenvalue weighted by molar-refractivity contribution is 5.77. The zero-order chi connectivity index (χ0) is 13.7. The number of rotatable bonds is 5. The van der Waals surface area contributed by atoms with E-state index in [1.807, 2.05) is 6.92 Å². The van der Waals surface area contributed by atoms with Crippen LogP contribution in [0.25, 0.3) is 0 Å². The summed E-state index contributed by atoms with van der Waals surface area (Å²) in [5.41, 5.74) is 0. The minimum absolute atomic E-state index is 0.0305. The Labute approximate surface area is 110 Å². The Morgan fingerprint density at radius 1 is 1.33 bits per heavy atom. The number of amides is 1. The van der Waals surface area contributed by atoms with Gasteiger partial charge in [-0.05, 0) is 43.4 Å². The molecule has 0 aromatic heterocycles. The Morgan fingerprint density at radius 2 is 2.00 bits per heavy atom. The lowest BCUT2D eigenvalue weighted by atomic mass is 9.71. The average molecular weight is 254 g/mol. The number of nitroso groups, excluding NO2 is 1. The second-order valence-electron chi connectivity index (χ2n) is 6.01. The molecule has 1 amide bonds. The second-order valence-corrected chi connectivity index (χ2v) is 6.01. The van der Waals surface area contributed by atoms with Gasteiger partial charge in [-0.25, -0.2) is 0 Å². The van der Waals surface area contributed by atoms with Gasteiger partial charge < -0.3 is 5.32 Å². The van der Waals surface area contributed by atoms with E-state index in [9.17, 15) is 9.70 Å². The van der Waals surface area contributed by atoms with E-state index >= 15 is 0 Å². The first-order valence-electron chi connectivity index (χ1n) is 7.03. The molecule has 1 rings (SSSR count). The summed E-state index contributed by atoms with van der Waals surface area (Å²) in [6.45, 7) is 6.28. The SMILES string of the molecule is CNC(=O)[C@@H](C)C[C@H]1CC[C@@H](C(C)C)C(N=O)C1. The van der Waals surface area contributed by atoms with Crippen LogP contribution in [0.15, 0.2) is 5.18 Å². The van der Waals surface area contributed by atoms with Crippen molar-refractivity contribution >= 4 is 5.91 Å². The quantitative estimate of drug-likeness (QED) is 0.767. The van der Waals surface area contributed by atoms with E-state index in [1.54, 1.807) is 7.05 Å². The van der Waals surface area contributed by atoms with E-state index in [0.29, 0.717) is 17.8 Å². The Bertz CT molecular complexity index is 292. The predicted octanol–water partition coefficient (Wildman–Crippen LogP) is 2.97. The van der Waals surface area contributed by atoms with Gasteiger partial charge in [0.25, 0.3) is 0 Å². The molecule has 0 bridgehead atoms. The zero-order valence-electron chi connectivity index (χ0n) is 12.0. The largest absolute Gasteiger partial charge is 0.359 e. The molecule has 1 aliphatic rings. The first kappa shape index (κ1) is 15.1. The van der Waals surface area contributed by atoms with Crippen LogP contribution >= 0.6 is 0 Å².